The molecule has 1 saturated heterocycles. The predicted molar refractivity (Wildman–Crippen MR) is 62.3 cm³/mol. The van der Waals surface area contributed by atoms with E-state index in [1.165, 1.54) is 0 Å². The Morgan fingerprint density at radius 2 is 1.95 bits per heavy atom. The maximum atomic E-state index is 13.1. The van der Waals surface area contributed by atoms with Gasteiger partial charge >= 0.3 is 5.97 Å². The zero-order valence-corrected chi connectivity index (χ0v) is 10.8. The van der Waals surface area contributed by atoms with Crippen molar-refractivity contribution < 1.29 is 32.2 Å². The van der Waals surface area contributed by atoms with Crippen molar-refractivity contribution in [2.24, 2.45) is 0 Å². The second-order valence-electron chi connectivity index (χ2n) is 4.39. The van der Waals surface area contributed by atoms with Gasteiger partial charge in [0, 0.05) is 13.0 Å². The molecule has 0 amide bonds. The smallest absolute Gasteiger partial charge is 0.322 e. The van der Waals surface area contributed by atoms with Crippen LogP contribution in [0.4, 0.5) is 8.78 Å². The highest BCUT2D eigenvalue weighted by molar-refractivity contribution is 7.89. The molecule has 2 rings (SSSR count). The summed E-state index contributed by atoms with van der Waals surface area (Å²) in [5, 5.41) is 18.4. The molecule has 1 fully saturated rings. The van der Waals surface area contributed by atoms with Gasteiger partial charge in [0.05, 0.1) is 11.0 Å². The van der Waals surface area contributed by atoms with Crippen molar-refractivity contribution in [2.45, 2.75) is 23.5 Å². The van der Waals surface area contributed by atoms with Gasteiger partial charge in [-0.3, -0.25) is 4.79 Å². The zero-order chi connectivity index (χ0) is 15.1. The monoisotopic (exact) mass is 307 g/mol. The number of rotatable bonds is 3. The van der Waals surface area contributed by atoms with Gasteiger partial charge < -0.3 is 10.2 Å². The second kappa shape index (κ2) is 5.08. The number of hydrogen-bond acceptors (Lipinski definition) is 4. The maximum absolute atomic E-state index is 13.1. The summed E-state index contributed by atoms with van der Waals surface area (Å²) in [6.07, 6.45) is -1.37. The molecule has 9 heteroatoms. The summed E-state index contributed by atoms with van der Waals surface area (Å²) in [5.41, 5.74) is 0. The van der Waals surface area contributed by atoms with Crippen molar-refractivity contribution in [2.75, 3.05) is 6.54 Å². The van der Waals surface area contributed by atoms with E-state index >= 15 is 0 Å². The number of sulfonamides is 1. The highest BCUT2D eigenvalue weighted by Gasteiger charge is 2.43. The fourth-order valence-electron chi connectivity index (χ4n) is 2.05. The first kappa shape index (κ1) is 14.8. The Bertz CT molecular complexity index is 648. The van der Waals surface area contributed by atoms with E-state index in [0.29, 0.717) is 16.4 Å². The van der Waals surface area contributed by atoms with Crippen molar-refractivity contribution >= 4 is 16.0 Å². The summed E-state index contributed by atoms with van der Waals surface area (Å²) in [5.74, 6) is -3.97. The van der Waals surface area contributed by atoms with Gasteiger partial charge in [0.2, 0.25) is 10.0 Å². The van der Waals surface area contributed by atoms with Crippen LogP contribution in [-0.4, -0.2) is 47.6 Å². The van der Waals surface area contributed by atoms with E-state index in [9.17, 15) is 27.1 Å². The SMILES string of the molecule is O=C(O)[C@@H]1C[C@H](O)CN1S(=O)(=O)c1ccc(F)c(F)c1. The molecule has 1 aromatic rings. The Morgan fingerprint density at radius 1 is 1.30 bits per heavy atom. The third-order valence-corrected chi connectivity index (χ3v) is 4.89. The third-order valence-electron chi connectivity index (χ3n) is 3.02. The standard InChI is InChI=1S/C11H11F2NO5S/c12-8-2-1-7(4-9(8)13)20(18,19)14-5-6(15)3-10(14)11(16)17/h1-2,4,6,10,15H,3,5H2,(H,16,17)/t6-,10-/m0/s1. The molecule has 0 unspecified atom stereocenters. The van der Waals surface area contributed by atoms with E-state index < -0.39 is 51.2 Å². The Morgan fingerprint density at radius 3 is 2.50 bits per heavy atom. The van der Waals surface area contributed by atoms with Gasteiger partial charge in [-0.2, -0.15) is 4.31 Å². The third kappa shape index (κ3) is 2.51. The Kier molecular flexibility index (Phi) is 3.76. The van der Waals surface area contributed by atoms with Crippen LogP contribution in [0.1, 0.15) is 6.42 Å². The fraction of sp³-hybridized carbons (Fsp3) is 0.364. The molecule has 0 bridgehead atoms. The first-order valence-corrected chi connectivity index (χ1v) is 7.05. The second-order valence-corrected chi connectivity index (χ2v) is 6.28. The van der Waals surface area contributed by atoms with E-state index in [4.69, 9.17) is 5.11 Å². The molecular weight excluding hydrogens is 296 g/mol. The molecule has 0 spiro atoms. The summed E-state index contributed by atoms with van der Waals surface area (Å²) in [7, 11) is -4.32. The fourth-order valence-corrected chi connectivity index (χ4v) is 3.69. The molecule has 2 atom stereocenters. The van der Waals surface area contributed by atoms with Crippen molar-refractivity contribution in [1.29, 1.82) is 0 Å². The van der Waals surface area contributed by atoms with Gasteiger partial charge in [0.15, 0.2) is 11.6 Å². The van der Waals surface area contributed by atoms with Crippen LogP contribution in [0, 0.1) is 11.6 Å². The van der Waals surface area contributed by atoms with Gasteiger partial charge in [-0.15, -0.1) is 0 Å². The topological polar surface area (TPSA) is 94.9 Å². The maximum Gasteiger partial charge on any atom is 0.322 e. The van der Waals surface area contributed by atoms with Gasteiger partial charge in [-0.25, -0.2) is 17.2 Å². The lowest BCUT2D eigenvalue weighted by Gasteiger charge is -2.20. The van der Waals surface area contributed by atoms with Crippen LogP contribution in [0.25, 0.3) is 0 Å². The number of benzene rings is 1. The van der Waals surface area contributed by atoms with E-state index in [2.05, 4.69) is 0 Å². The van der Waals surface area contributed by atoms with Gasteiger partial charge in [0.1, 0.15) is 6.04 Å². The highest BCUT2D eigenvalue weighted by Crippen LogP contribution is 2.27. The van der Waals surface area contributed by atoms with Crippen molar-refractivity contribution in [1.82, 2.24) is 4.31 Å². The lowest BCUT2D eigenvalue weighted by Crippen LogP contribution is -2.40. The number of aliphatic carboxylic acids is 1. The van der Waals surface area contributed by atoms with Crippen molar-refractivity contribution in [3.8, 4) is 0 Å². The molecule has 110 valence electrons. The summed E-state index contributed by atoms with van der Waals surface area (Å²) >= 11 is 0. The van der Waals surface area contributed by atoms with Crippen LogP contribution >= 0.6 is 0 Å². The summed E-state index contributed by atoms with van der Waals surface area (Å²) in [4.78, 5) is 10.4. The molecule has 1 aliphatic rings. The number of carboxylic acid groups (broad SMARTS) is 1. The highest BCUT2D eigenvalue weighted by atomic mass is 32.2. The van der Waals surface area contributed by atoms with Gasteiger partial charge in [-0.1, -0.05) is 0 Å². The summed E-state index contributed by atoms with van der Waals surface area (Å²) in [6.45, 7) is -0.404. The molecule has 6 nitrogen and oxygen atoms in total. The molecule has 1 aromatic carbocycles. The first-order valence-electron chi connectivity index (χ1n) is 5.61. The number of β-amino-alcohol motifs (C(OH)–C–C–N with tert-alkyl or cyclic N) is 1. The van der Waals surface area contributed by atoms with Crippen LogP contribution in [-0.2, 0) is 14.8 Å². The largest absolute Gasteiger partial charge is 0.480 e. The normalized spacial score (nSPS) is 23.9. The van der Waals surface area contributed by atoms with E-state index in [-0.39, 0.29) is 6.42 Å². The van der Waals surface area contributed by atoms with Crippen LogP contribution < -0.4 is 0 Å². The minimum Gasteiger partial charge on any atom is -0.480 e. The summed E-state index contributed by atoms with van der Waals surface area (Å²) in [6, 6.07) is 0.541. The molecule has 2 N–H and O–H groups in total. The molecular formula is C11H11F2NO5S. The van der Waals surface area contributed by atoms with E-state index in [1.807, 2.05) is 0 Å². The van der Waals surface area contributed by atoms with Crippen molar-refractivity contribution in [3.63, 3.8) is 0 Å². The first-order chi connectivity index (χ1) is 9.23. The summed E-state index contributed by atoms with van der Waals surface area (Å²) < 4.78 is 50.9. The molecule has 1 aliphatic heterocycles. The van der Waals surface area contributed by atoms with E-state index in [0.717, 1.165) is 6.07 Å². The molecule has 0 saturated carbocycles. The molecule has 0 aromatic heterocycles. The van der Waals surface area contributed by atoms with Crippen molar-refractivity contribution in [3.05, 3.63) is 29.8 Å². The van der Waals surface area contributed by atoms with Crippen LogP contribution in [0.3, 0.4) is 0 Å². The van der Waals surface area contributed by atoms with Crippen LogP contribution in [0.5, 0.6) is 0 Å². The van der Waals surface area contributed by atoms with Gasteiger partial charge in [-0.05, 0) is 18.2 Å². The Labute approximate surface area is 113 Å². The number of halogens is 2. The number of aliphatic hydroxyl groups is 1. The molecule has 20 heavy (non-hydrogen) atoms. The minimum atomic E-state index is -4.32. The lowest BCUT2D eigenvalue weighted by molar-refractivity contribution is -0.140. The number of aliphatic hydroxyl groups excluding tert-OH is 1. The average molecular weight is 307 g/mol. The quantitative estimate of drug-likeness (QED) is 0.830. The minimum absolute atomic E-state index is 0.252. The average Bonchev–Trinajstić information content (AvgIpc) is 2.75. The number of hydrogen-bond donors (Lipinski definition) is 2. The van der Waals surface area contributed by atoms with E-state index in [1.54, 1.807) is 0 Å². The predicted octanol–water partition coefficient (Wildman–Crippen LogP) is 0.173. The number of nitrogens with zero attached hydrogens (tertiary/aromatic N) is 1. The van der Waals surface area contributed by atoms with Gasteiger partial charge in [0.25, 0.3) is 0 Å². The van der Waals surface area contributed by atoms with Crippen LogP contribution in [0.2, 0.25) is 0 Å². The molecule has 0 radical (unpaired) electrons. The van der Waals surface area contributed by atoms with Crippen LogP contribution in [0.15, 0.2) is 23.1 Å². The Hall–Kier alpha value is -1.58. The number of carbonyl (C=O) groups is 1. The zero-order valence-electron chi connectivity index (χ0n) is 10.0. The molecule has 0 aliphatic carbocycles. The lowest BCUT2D eigenvalue weighted by atomic mass is 10.2. The number of carboxylic acids is 1. The Balaban J connectivity index is 2.43. The molecule has 1 heterocycles.